The van der Waals surface area contributed by atoms with Crippen LogP contribution in [0.3, 0.4) is 0 Å². The van der Waals surface area contributed by atoms with E-state index in [9.17, 15) is 4.79 Å². The molecule has 1 unspecified atom stereocenters. The molecule has 0 saturated heterocycles. The number of nitrogens with two attached hydrogens (primary N) is 1. The van der Waals surface area contributed by atoms with Crippen LogP contribution in [0.2, 0.25) is 0 Å². The second-order valence-corrected chi connectivity index (χ2v) is 4.04. The van der Waals surface area contributed by atoms with Gasteiger partial charge in [-0.15, -0.1) is 12.3 Å². The molecule has 0 saturated carbocycles. The van der Waals surface area contributed by atoms with Crippen LogP contribution in [0.15, 0.2) is 12.1 Å². The largest absolute Gasteiger partial charge is 0.496 e. The Labute approximate surface area is 102 Å². The molecule has 3 nitrogen and oxygen atoms in total. The molecule has 0 aromatic heterocycles. The van der Waals surface area contributed by atoms with Crippen LogP contribution in [0, 0.1) is 26.2 Å². The zero-order valence-corrected chi connectivity index (χ0v) is 10.4. The minimum Gasteiger partial charge on any atom is -0.496 e. The third kappa shape index (κ3) is 2.86. The summed E-state index contributed by atoms with van der Waals surface area (Å²) in [5, 5.41) is 0. The van der Waals surface area contributed by atoms with E-state index in [1.165, 1.54) is 7.11 Å². The van der Waals surface area contributed by atoms with Gasteiger partial charge in [0.25, 0.3) is 0 Å². The van der Waals surface area contributed by atoms with Crippen LogP contribution < -0.4 is 10.5 Å². The van der Waals surface area contributed by atoms with Crippen molar-refractivity contribution in [3.05, 3.63) is 28.8 Å². The molecule has 1 atom stereocenters. The van der Waals surface area contributed by atoms with Gasteiger partial charge in [0.05, 0.1) is 18.7 Å². The van der Waals surface area contributed by atoms with Gasteiger partial charge in [0, 0.05) is 6.42 Å². The van der Waals surface area contributed by atoms with Crippen molar-refractivity contribution >= 4 is 5.78 Å². The number of ketones is 1. The Hall–Kier alpha value is -1.79. The van der Waals surface area contributed by atoms with E-state index in [1.54, 1.807) is 0 Å². The Balaban J connectivity index is 3.22. The lowest BCUT2D eigenvalue weighted by Gasteiger charge is -2.14. The minimum atomic E-state index is -0.671. The number of hydrogen-bond donors (Lipinski definition) is 1. The first kappa shape index (κ1) is 13.3. The highest BCUT2D eigenvalue weighted by Gasteiger charge is 2.21. The third-order valence-corrected chi connectivity index (χ3v) is 2.58. The first-order valence-electron chi connectivity index (χ1n) is 5.39. The Morgan fingerprint density at radius 3 is 2.71 bits per heavy atom. The zero-order valence-electron chi connectivity index (χ0n) is 10.4. The van der Waals surface area contributed by atoms with Gasteiger partial charge in [-0.2, -0.15) is 0 Å². The fourth-order valence-corrected chi connectivity index (χ4v) is 1.81. The van der Waals surface area contributed by atoms with Crippen LogP contribution in [0.4, 0.5) is 0 Å². The number of rotatable bonds is 4. The van der Waals surface area contributed by atoms with Crippen molar-refractivity contribution in [3.63, 3.8) is 0 Å². The molecule has 0 amide bonds. The fourth-order valence-electron chi connectivity index (χ4n) is 1.81. The molecule has 0 aliphatic carbocycles. The number of benzene rings is 1. The van der Waals surface area contributed by atoms with Gasteiger partial charge >= 0.3 is 0 Å². The lowest BCUT2D eigenvalue weighted by Crippen LogP contribution is -2.30. The summed E-state index contributed by atoms with van der Waals surface area (Å²) in [6.45, 7) is 3.82. The van der Waals surface area contributed by atoms with E-state index in [-0.39, 0.29) is 12.2 Å². The second kappa shape index (κ2) is 5.51. The van der Waals surface area contributed by atoms with E-state index in [1.807, 2.05) is 26.0 Å². The summed E-state index contributed by atoms with van der Waals surface area (Å²) in [6, 6.07) is 3.08. The molecule has 0 aliphatic heterocycles. The lowest BCUT2D eigenvalue weighted by molar-refractivity contribution is 0.0959. The highest BCUT2D eigenvalue weighted by atomic mass is 16.5. The highest BCUT2D eigenvalue weighted by Crippen LogP contribution is 2.25. The molecule has 1 rings (SSSR count). The van der Waals surface area contributed by atoms with Crippen molar-refractivity contribution in [2.45, 2.75) is 26.3 Å². The van der Waals surface area contributed by atoms with E-state index < -0.39 is 6.04 Å². The number of Topliss-reactive ketones (excluding diaryl/α,β-unsaturated/α-hetero) is 1. The molecule has 0 heterocycles. The Bertz CT molecular complexity index is 472. The van der Waals surface area contributed by atoms with Crippen molar-refractivity contribution < 1.29 is 9.53 Å². The van der Waals surface area contributed by atoms with E-state index >= 15 is 0 Å². The van der Waals surface area contributed by atoms with Crippen LogP contribution >= 0.6 is 0 Å². The average molecular weight is 231 g/mol. The first-order chi connectivity index (χ1) is 8.01. The summed E-state index contributed by atoms with van der Waals surface area (Å²) in [7, 11) is 1.54. The SMILES string of the molecule is C#CCC(N)C(=O)c1c(C)cc(C)cc1OC. The monoisotopic (exact) mass is 231 g/mol. The number of hydrogen-bond acceptors (Lipinski definition) is 3. The van der Waals surface area contributed by atoms with Gasteiger partial charge in [-0.25, -0.2) is 0 Å². The van der Waals surface area contributed by atoms with Gasteiger partial charge in [-0.3, -0.25) is 4.79 Å². The third-order valence-electron chi connectivity index (χ3n) is 2.58. The van der Waals surface area contributed by atoms with Crippen molar-refractivity contribution in [1.29, 1.82) is 0 Å². The Morgan fingerprint density at radius 1 is 1.53 bits per heavy atom. The lowest BCUT2D eigenvalue weighted by atomic mass is 9.96. The van der Waals surface area contributed by atoms with Gasteiger partial charge in [0.15, 0.2) is 5.78 Å². The van der Waals surface area contributed by atoms with Crippen LogP contribution in [0.5, 0.6) is 5.75 Å². The normalized spacial score (nSPS) is 11.7. The first-order valence-corrected chi connectivity index (χ1v) is 5.39. The molecule has 1 aromatic rings. The number of carbonyl (C=O) groups is 1. The number of aryl methyl sites for hydroxylation is 2. The van der Waals surface area contributed by atoms with Gasteiger partial charge in [0.2, 0.25) is 0 Å². The van der Waals surface area contributed by atoms with Crippen LogP contribution in [0.25, 0.3) is 0 Å². The highest BCUT2D eigenvalue weighted by molar-refractivity contribution is 6.03. The van der Waals surface area contributed by atoms with E-state index in [2.05, 4.69) is 5.92 Å². The molecule has 0 aliphatic rings. The molecule has 0 fully saturated rings. The summed E-state index contributed by atoms with van der Waals surface area (Å²) < 4.78 is 5.23. The summed E-state index contributed by atoms with van der Waals surface area (Å²) in [5.74, 6) is 2.79. The molecule has 17 heavy (non-hydrogen) atoms. The predicted molar refractivity (Wildman–Crippen MR) is 68.2 cm³/mol. The summed E-state index contributed by atoms with van der Waals surface area (Å²) in [5.41, 5.74) is 8.17. The summed E-state index contributed by atoms with van der Waals surface area (Å²) in [4.78, 5) is 12.1. The minimum absolute atomic E-state index is 0.169. The van der Waals surface area contributed by atoms with Crippen molar-refractivity contribution in [1.82, 2.24) is 0 Å². The molecule has 0 spiro atoms. The van der Waals surface area contributed by atoms with Crippen LogP contribution in [-0.4, -0.2) is 18.9 Å². The summed E-state index contributed by atoms with van der Waals surface area (Å²) in [6.07, 6.45) is 5.40. The van der Waals surface area contributed by atoms with Gasteiger partial charge in [0.1, 0.15) is 5.75 Å². The number of terminal acetylenes is 1. The van der Waals surface area contributed by atoms with Crippen molar-refractivity contribution in [2.75, 3.05) is 7.11 Å². The van der Waals surface area contributed by atoms with Crippen molar-refractivity contribution in [3.8, 4) is 18.1 Å². The quantitative estimate of drug-likeness (QED) is 0.635. The maximum absolute atomic E-state index is 12.1. The maximum Gasteiger partial charge on any atom is 0.184 e. The maximum atomic E-state index is 12.1. The Morgan fingerprint density at radius 2 is 2.18 bits per heavy atom. The smallest absolute Gasteiger partial charge is 0.184 e. The van der Waals surface area contributed by atoms with Crippen molar-refractivity contribution in [2.24, 2.45) is 5.73 Å². The van der Waals surface area contributed by atoms with Crippen LogP contribution in [0.1, 0.15) is 27.9 Å². The van der Waals surface area contributed by atoms with Crippen LogP contribution in [-0.2, 0) is 0 Å². The molecule has 0 radical (unpaired) electrons. The molecular formula is C14H17NO2. The summed E-state index contributed by atoms with van der Waals surface area (Å²) >= 11 is 0. The fraction of sp³-hybridized carbons (Fsp3) is 0.357. The molecule has 90 valence electrons. The number of carbonyl (C=O) groups excluding carboxylic acids is 1. The molecule has 2 N–H and O–H groups in total. The number of methoxy groups -OCH3 is 1. The zero-order chi connectivity index (χ0) is 13.0. The number of ether oxygens (including phenoxy) is 1. The van der Waals surface area contributed by atoms with E-state index in [0.717, 1.165) is 11.1 Å². The molecular weight excluding hydrogens is 214 g/mol. The standard InChI is InChI=1S/C14H17NO2/c1-5-6-11(15)14(16)13-10(3)7-9(2)8-12(13)17-4/h1,7-8,11H,6,15H2,2-4H3. The van der Waals surface area contributed by atoms with Gasteiger partial charge in [-0.05, 0) is 31.0 Å². The second-order valence-electron chi connectivity index (χ2n) is 4.04. The van der Waals surface area contributed by atoms with Gasteiger partial charge < -0.3 is 10.5 Å². The Kier molecular flexibility index (Phi) is 4.30. The molecule has 3 heteroatoms. The molecule has 1 aromatic carbocycles. The average Bonchev–Trinajstić information content (AvgIpc) is 2.27. The van der Waals surface area contributed by atoms with E-state index in [0.29, 0.717) is 11.3 Å². The van der Waals surface area contributed by atoms with Gasteiger partial charge in [-0.1, -0.05) is 6.07 Å². The molecule has 0 bridgehead atoms. The predicted octanol–water partition coefficient (Wildman–Crippen LogP) is 1.85. The van der Waals surface area contributed by atoms with E-state index in [4.69, 9.17) is 16.9 Å². The topological polar surface area (TPSA) is 52.3 Å².